The van der Waals surface area contributed by atoms with Crippen LogP contribution < -0.4 is 0 Å². The first-order chi connectivity index (χ1) is 9.06. The number of hydrogen-bond acceptors (Lipinski definition) is 2. The highest BCUT2D eigenvalue weighted by atomic mass is 16.2. The van der Waals surface area contributed by atoms with Crippen LogP contribution >= 0.6 is 0 Å². The zero-order valence-corrected chi connectivity index (χ0v) is 12.9. The Bertz CT molecular complexity index is 295. The van der Waals surface area contributed by atoms with Crippen molar-refractivity contribution in [2.75, 3.05) is 32.7 Å². The molecule has 2 heterocycles. The fourth-order valence-corrected chi connectivity index (χ4v) is 3.53. The van der Waals surface area contributed by atoms with Crippen molar-refractivity contribution < 1.29 is 4.79 Å². The van der Waals surface area contributed by atoms with E-state index in [0.29, 0.717) is 17.7 Å². The minimum absolute atomic E-state index is 0.300. The molecule has 0 unspecified atom stereocenters. The van der Waals surface area contributed by atoms with E-state index in [1.165, 1.54) is 19.4 Å². The molecule has 3 heteroatoms. The summed E-state index contributed by atoms with van der Waals surface area (Å²) in [5, 5.41) is 0. The molecule has 2 saturated heterocycles. The van der Waals surface area contributed by atoms with Crippen molar-refractivity contribution in [1.29, 1.82) is 0 Å². The quantitative estimate of drug-likeness (QED) is 0.784. The van der Waals surface area contributed by atoms with Gasteiger partial charge in [0.1, 0.15) is 0 Å². The lowest BCUT2D eigenvalue weighted by Crippen LogP contribution is -2.46. The van der Waals surface area contributed by atoms with Gasteiger partial charge in [-0.05, 0) is 50.6 Å². The summed E-state index contributed by atoms with van der Waals surface area (Å²) in [5.74, 6) is 2.17. The number of piperidine rings is 2. The summed E-state index contributed by atoms with van der Waals surface area (Å²) < 4.78 is 0. The van der Waals surface area contributed by atoms with Crippen molar-refractivity contribution in [3.63, 3.8) is 0 Å². The molecular formula is C16H30N2O. The van der Waals surface area contributed by atoms with Crippen LogP contribution in [0.1, 0.15) is 46.5 Å². The lowest BCUT2D eigenvalue weighted by Gasteiger charge is -2.37. The highest BCUT2D eigenvalue weighted by molar-refractivity contribution is 5.79. The molecule has 0 bridgehead atoms. The first-order valence-corrected chi connectivity index (χ1v) is 8.07. The van der Waals surface area contributed by atoms with Gasteiger partial charge in [-0.15, -0.1) is 0 Å². The summed E-state index contributed by atoms with van der Waals surface area (Å²) >= 11 is 0. The maximum atomic E-state index is 12.5. The van der Waals surface area contributed by atoms with E-state index < -0.39 is 0 Å². The lowest BCUT2D eigenvalue weighted by molar-refractivity contribution is -0.138. The molecular weight excluding hydrogens is 236 g/mol. The van der Waals surface area contributed by atoms with Gasteiger partial charge in [0.2, 0.25) is 5.91 Å². The molecule has 3 nitrogen and oxygen atoms in total. The van der Waals surface area contributed by atoms with E-state index in [9.17, 15) is 4.79 Å². The standard InChI is InChI=1S/C16H30N2O/c1-13(2)11-17-9-6-15(7-10-17)16(19)18-8-4-5-14(3)12-18/h13-15H,4-12H2,1-3H3/t14-/m0/s1. The molecule has 0 radical (unpaired) electrons. The van der Waals surface area contributed by atoms with E-state index in [4.69, 9.17) is 0 Å². The number of carbonyl (C=O) groups excluding carboxylic acids is 1. The summed E-state index contributed by atoms with van der Waals surface area (Å²) in [4.78, 5) is 17.2. The Morgan fingerprint density at radius 3 is 2.42 bits per heavy atom. The van der Waals surface area contributed by atoms with Crippen molar-refractivity contribution in [3.8, 4) is 0 Å². The number of nitrogens with zero attached hydrogens (tertiary/aromatic N) is 2. The normalized spacial score (nSPS) is 26.9. The van der Waals surface area contributed by atoms with E-state index in [-0.39, 0.29) is 0 Å². The van der Waals surface area contributed by atoms with Crippen molar-refractivity contribution in [3.05, 3.63) is 0 Å². The number of likely N-dealkylation sites (tertiary alicyclic amines) is 2. The predicted octanol–water partition coefficient (Wildman–Crippen LogP) is 2.61. The lowest BCUT2D eigenvalue weighted by atomic mass is 9.92. The molecule has 0 spiro atoms. The fourth-order valence-electron chi connectivity index (χ4n) is 3.53. The molecule has 1 atom stereocenters. The molecule has 0 saturated carbocycles. The van der Waals surface area contributed by atoms with E-state index in [2.05, 4.69) is 30.6 Å². The zero-order chi connectivity index (χ0) is 13.8. The fraction of sp³-hybridized carbons (Fsp3) is 0.938. The number of carbonyl (C=O) groups is 1. The third-order valence-electron chi connectivity index (χ3n) is 4.53. The van der Waals surface area contributed by atoms with Crippen LogP contribution in [0.25, 0.3) is 0 Å². The molecule has 2 rings (SSSR count). The van der Waals surface area contributed by atoms with Gasteiger partial charge in [0.05, 0.1) is 0 Å². The van der Waals surface area contributed by atoms with Crippen LogP contribution in [0, 0.1) is 17.8 Å². The predicted molar refractivity (Wildman–Crippen MR) is 79.0 cm³/mol. The Morgan fingerprint density at radius 1 is 1.16 bits per heavy atom. The van der Waals surface area contributed by atoms with Crippen LogP contribution in [-0.4, -0.2) is 48.4 Å². The van der Waals surface area contributed by atoms with Crippen LogP contribution in [0.15, 0.2) is 0 Å². The number of rotatable bonds is 3. The van der Waals surface area contributed by atoms with Crippen molar-refractivity contribution in [1.82, 2.24) is 9.80 Å². The van der Waals surface area contributed by atoms with Crippen molar-refractivity contribution in [2.45, 2.75) is 46.5 Å². The second-order valence-electron chi connectivity index (χ2n) is 7.00. The summed E-state index contributed by atoms with van der Waals surface area (Å²) in [6.07, 6.45) is 4.61. The van der Waals surface area contributed by atoms with Crippen LogP contribution in [0.3, 0.4) is 0 Å². The van der Waals surface area contributed by atoms with Crippen molar-refractivity contribution in [2.24, 2.45) is 17.8 Å². The summed E-state index contributed by atoms with van der Waals surface area (Å²) in [5.41, 5.74) is 0. The Hall–Kier alpha value is -0.570. The van der Waals surface area contributed by atoms with Gasteiger partial charge >= 0.3 is 0 Å². The van der Waals surface area contributed by atoms with Crippen LogP contribution in [0.5, 0.6) is 0 Å². The Kier molecular flexibility index (Phi) is 5.26. The highest BCUT2D eigenvalue weighted by Gasteiger charge is 2.30. The van der Waals surface area contributed by atoms with Crippen LogP contribution in [0.4, 0.5) is 0 Å². The average Bonchev–Trinajstić information content (AvgIpc) is 2.38. The monoisotopic (exact) mass is 266 g/mol. The Morgan fingerprint density at radius 2 is 1.84 bits per heavy atom. The van der Waals surface area contributed by atoms with Gasteiger partial charge in [0, 0.05) is 25.6 Å². The molecule has 110 valence electrons. The van der Waals surface area contributed by atoms with Gasteiger partial charge in [-0.25, -0.2) is 0 Å². The highest BCUT2D eigenvalue weighted by Crippen LogP contribution is 2.23. The third kappa shape index (κ3) is 4.20. The maximum Gasteiger partial charge on any atom is 0.225 e. The number of amides is 1. The van der Waals surface area contributed by atoms with E-state index >= 15 is 0 Å². The van der Waals surface area contributed by atoms with Gasteiger partial charge in [-0.3, -0.25) is 4.79 Å². The van der Waals surface area contributed by atoms with Crippen molar-refractivity contribution >= 4 is 5.91 Å². The molecule has 0 aromatic heterocycles. The molecule has 0 aromatic carbocycles. The second-order valence-corrected chi connectivity index (χ2v) is 7.00. The van der Waals surface area contributed by atoms with E-state index in [0.717, 1.165) is 44.9 Å². The molecule has 0 N–H and O–H groups in total. The van der Waals surface area contributed by atoms with Gasteiger partial charge in [0.25, 0.3) is 0 Å². The summed E-state index contributed by atoms with van der Waals surface area (Å²) in [7, 11) is 0. The molecule has 0 aliphatic carbocycles. The van der Waals surface area contributed by atoms with E-state index in [1.807, 2.05) is 0 Å². The largest absolute Gasteiger partial charge is 0.342 e. The first kappa shape index (κ1) is 14.8. The molecule has 1 amide bonds. The molecule has 0 aromatic rings. The smallest absolute Gasteiger partial charge is 0.225 e. The van der Waals surface area contributed by atoms with Crippen LogP contribution in [-0.2, 0) is 4.79 Å². The number of hydrogen-bond donors (Lipinski definition) is 0. The first-order valence-electron chi connectivity index (χ1n) is 8.07. The SMILES string of the molecule is CC(C)CN1CCC(C(=O)N2CCC[C@H](C)C2)CC1. The van der Waals surface area contributed by atoms with Gasteiger partial charge in [0.15, 0.2) is 0 Å². The van der Waals surface area contributed by atoms with Crippen LogP contribution in [0.2, 0.25) is 0 Å². The van der Waals surface area contributed by atoms with Gasteiger partial charge in [-0.1, -0.05) is 20.8 Å². The molecule has 2 aliphatic rings. The Labute approximate surface area is 118 Å². The average molecular weight is 266 g/mol. The molecule has 2 fully saturated rings. The Balaban J connectivity index is 1.78. The molecule has 2 aliphatic heterocycles. The summed E-state index contributed by atoms with van der Waals surface area (Å²) in [6, 6.07) is 0. The minimum Gasteiger partial charge on any atom is -0.342 e. The second kappa shape index (κ2) is 6.74. The molecule has 19 heavy (non-hydrogen) atoms. The maximum absolute atomic E-state index is 12.5. The van der Waals surface area contributed by atoms with E-state index in [1.54, 1.807) is 0 Å². The minimum atomic E-state index is 0.300. The topological polar surface area (TPSA) is 23.6 Å². The van der Waals surface area contributed by atoms with Gasteiger partial charge in [-0.2, -0.15) is 0 Å². The van der Waals surface area contributed by atoms with Gasteiger partial charge < -0.3 is 9.80 Å². The third-order valence-corrected chi connectivity index (χ3v) is 4.53. The summed E-state index contributed by atoms with van der Waals surface area (Å²) in [6.45, 7) is 12.2. The zero-order valence-electron chi connectivity index (χ0n) is 12.9.